The van der Waals surface area contributed by atoms with E-state index < -0.39 is 0 Å². The first-order valence-electron chi connectivity index (χ1n) is 23.8. The second-order valence-electron chi connectivity index (χ2n) is 17.0. The van der Waals surface area contributed by atoms with E-state index in [9.17, 15) is 0 Å². The molecule has 10 nitrogen and oxygen atoms in total. The maximum Gasteiger partial charge on any atom is 0.101 e. The highest BCUT2D eigenvalue weighted by atomic mass is 79.9. The fourth-order valence-corrected chi connectivity index (χ4v) is 14.4. The maximum atomic E-state index is 4.96. The third-order valence-electron chi connectivity index (χ3n) is 12.5. The van der Waals surface area contributed by atoms with E-state index in [4.69, 9.17) is 19.9 Å². The van der Waals surface area contributed by atoms with Crippen molar-refractivity contribution in [1.29, 1.82) is 0 Å². The summed E-state index contributed by atoms with van der Waals surface area (Å²) in [6.45, 7) is 0. The van der Waals surface area contributed by atoms with Crippen LogP contribution >= 0.6 is 77.2 Å². The van der Waals surface area contributed by atoms with Crippen molar-refractivity contribution in [3.05, 3.63) is 227 Å². The Morgan fingerprint density at radius 1 is 0.250 bits per heavy atom. The van der Waals surface area contributed by atoms with Gasteiger partial charge in [-0.1, -0.05) is 72.8 Å². The van der Waals surface area contributed by atoms with Crippen LogP contribution in [-0.2, 0) is 0 Å². The first-order valence-corrected chi connectivity index (χ1v) is 28.7. The molecular weight excluding hydrogens is 1150 g/mol. The fraction of sp³-hybridized carbons (Fsp3) is 0. The predicted octanol–water partition coefficient (Wildman–Crippen LogP) is 18.5. The van der Waals surface area contributed by atoms with Gasteiger partial charge >= 0.3 is 0 Å². The minimum atomic E-state index is 0.799. The second kappa shape index (κ2) is 21.0. The van der Waals surface area contributed by atoms with E-state index >= 15 is 0 Å². The summed E-state index contributed by atoms with van der Waals surface area (Å²) in [5, 5.41) is 2.17. The van der Waals surface area contributed by atoms with Gasteiger partial charge in [-0.3, -0.25) is 39.9 Å². The van der Waals surface area contributed by atoms with E-state index in [0.29, 0.717) is 0 Å². The number of nitrogens with zero attached hydrogens (tertiary/aromatic N) is 10. The number of hydrogen-bond acceptors (Lipinski definition) is 14. The highest BCUT2D eigenvalue weighted by Crippen LogP contribution is 2.50. The van der Waals surface area contributed by atoms with Crippen LogP contribution in [0, 0.1) is 0 Å². The molecular formula is C60H36Br2N10S4. The molecule has 0 unspecified atom stereocenters. The lowest BCUT2D eigenvalue weighted by Crippen LogP contribution is -2.07. The summed E-state index contributed by atoms with van der Waals surface area (Å²) in [4.78, 5) is 47.3. The Hall–Kier alpha value is -7.96. The molecule has 14 rings (SSSR count). The molecule has 0 saturated carbocycles. The summed E-state index contributed by atoms with van der Waals surface area (Å²) in [6, 6.07) is 58.7. The number of anilines is 6. The standard InChI is InChI=1S/C42H28N6S2.C18H8Br2N4S2/c1-5-13-29(14-6-1)47(30-15-7-2-8-16-30)35-23-21-33(49-35)37-39-41(45-27-25-43-39)38(42-40(37)44-26-28-46-42)34-22-24-36(50-34)48(31-17-9-3-10-18-31)32-19-11-4-12-20-32;19-11-3-1-9(25-11)13-15-17(23-7-5-21-15)14(10-2-4-12(20)26-10)18-16(13)22-6-8-24-18/h1-28H;1-8H. The van der Waals surface area contributed by atoms with Crippen LogP contribution in [0.1, 0.15) is 0 Å². The first kappa shape index (κ1) is 47.7. The SMILES string of the molecule is Brc1ccc(-c2c3nccnc3c(-c3ccc(Br)s3)c3nccnc23)s1.c1ccc(N(c2ccccc2)c2ccc(-c3c4nccnc4c(-c4ccc(N(c5ccccc5)c5ccccc5)s4)c4nccnc34)s2)cc1. The van der Waals surface area contributed by atoms with Crippen molar-refractivity contribution in [3.8, 4) is 41.8 Å². The minimum absolute atomic E-state index is 0.799. The maximum absolute atomic E-state index is 4.96. The second-order valence-corrected chi connectivity index (χ2v) is 24.1. The van der Waals surface area contributed by atoms with Gasteiger partial charge in [0.15, 0.2) is 0 Å². The van der Waals surface area contributed by atoms with Gasteiger partial charge in [-0.15, -0.1) is 45.3 Å². The van der Waals surface area contributed by atoms with Crippen LogP contribution in [0.4, 0.5) is 32.8 Å². The van der Waals surface area contributed by atoms with Gasteiger partial charge < -0.3 is 9.80 Å². The van der Waals surface area contributed by atoms with E-state index in [2.05, 4.69) is 195 Å². The molecule has 0 radical (unpaired) electrons. The van der Waals surface area contributed by atoms with Gasteiger partial charge in [0.25, 0.3) is 0 Å². The lowest BCUT2D eigenvalue weighted by molar-refractivity contribution is 1.27. The van der Waals surface area contributed by atoms with Gasteiger partial charge in [-0.05, 0) is 129 Å². The Labute approximate surface area is 468 Å². The summed E-state index contributed by atoms with van der Waals surface area (Å²) in [6.07, 6.45) is 14.0. The van der Waals surface area contributed by atoms with Crippen molar-refractivity contribution >= 4 is 154 Å². The van der Waals surface area contributed by atoms with Gasteiger partial charge in [0.2, 0.25) is 0 Å². The lowest BCUT2D eigenvalue weighted by atomic mass is 10.0. The van der Waals surface area contributed by atoms with Crippen LogP contribution in [0.15, 0.2) is 227 Å². The van der Waals surface area contributed by atoms with E-state index in [1.54, 1.807) is 94.9 Å². The van der Waals surface area contributed by atoms with Crippen LogP contribution in [0.3, 0.4) is 0 Å². The number of hydrogen-bond donors (Lipinski definition) is 0. The van der Waals surface area contributed by atoms with Gasteiger partial charge in [0.05, 0.1) is 7.57 Å². The highest BCUT2D eigenvalue weighted by Gasteiger charge is 2.26. The number of para-hydroxylation sites is 4. The third-order valence-corrected chi connectivity index (χ3v) is 18.0. The van der Waals surface area contributed by atoms with Crippen LogP contribution in [0.25, 0.3) is 85.9 Å². The van der Waals surface area contributed by atoms with E-state index in [1.807, 2.05) is 36.4 Å². The highest BCUT2D eigenvalue weighted by molar-refractivity contribution is 9.11. The van der Waals surface area contributed by atoms with Crippen molar-refractivity contribution in [2.24, 2.45) is 0 Å². The number of fused-ring (bicyclic) bond motifs is 4. The minimum Gasteiger partial charge on any atom is -0.302 e. The van der Waals surface area contributed by atoms with Crippen LogP contribution < -0.4 is 9.80 Å². The molecule has 0 aliphatic heterocycles. The summed E-state index contributed by atoms with van der Waals surface area (Å²) < 4.78 is 2.13. The Bertz CT molecular complexity index is 3890. The molecule has 0 aliphatic rings. The van der Waals surface area contributed by atoms with Gasteiger partial charge in [-0.2, -0.15) is 0 Å². The molecule has 0 amide bonds. The summed E-state index contributed by atoms with van der Waals surface area (Å²) in [5.41, 5.74) is 14.7. The Kier molecular flexibility index (Phi) is 13.2. The van der Waals surface area contributed by atoms with Crippen molar-refractivity contribution < 1.29 is 0 Å². The van der Waals surface area contributed by atoms with E-state index in [1.165, 1.54) is 0 Å². The molecule has 8 heterocycles. The molecule has 76 heavy (non-hydrogen) atoms. The van der Waals surface area contributed by atoms with Crippen molar-refractivity contribution in [1.82, 2.24) is 39.9 Å². The normalized spacial score (nSPS) is 11.3. The van der Waals surface area contributed by atoms with E-state index in [0.717, 1.165) is 126 Å². The molecule has 0 atom stereocenters. The third kappa shape index (κ3) is 9.01. The van der Waals surface area contributed by atoms with Crippen molar-refractivity contribution in [2.75, 3.05) is 9.80 Å². The van der Waals surface area contributed by atoms with E-state index in [-0.39, 0.29) is 0 Å². The van der Waals surface area contributed by atoms with Crippen molar-refractivity contribution in [2.45, 2.75) is 0 Å². The predicted molar refractivity (Wildman–Crippen MR) is 323 cm³/mol. The zero-order chi connectivity index (χ0) is 51.0. The van der Waals surface area contributed by atoms with Crippen LogP contribution in [-0.4, -0.2) is 39.9 Å². The molecule has 0 aliphatic carbocycles. The van der Waals surface area contributed by atoms with Gasteiger partial charge in [-0.25, -0.2) is 0 Å². The Morgan fingerprint density at radius 2 is 0.474 bits per heavy atom. The molecule has 0 bridgehead atoms. The number of aromatic nitrogens is 8. The average molecular weight is 1190 g/mol. The fourth-order valence-electron chi connectivity index (χ4n) is 9.37. The number of halogens is 2. The summed E-state index contributed by atoms with van der Waals surface area (Å²) in [5.74, 6) is 0. The monoisotopic (exact) mass is 1180 g/mol. The van der Waals surface area contributed by atoms with Gasteiger partial charge in [0.1, 0.15) is 54.1 Å². The number of thiophene rings is 4. The van der Waals surface area contributed by atoms with Crippen molar-refractivity contribution in [3.63, 3.8) is 0 Å². The summed E-state index contributed by atoms with van der Waals surface area (Å²) in [7, 11) is 0. The molecule has 0 spiro atoms. The number of benzene rings is 6. The largest absolute Gasteiger partial charge is 0.302 e. The molecule has 14 aromatic rings. The Balaban J connectivity index is 0.000000178. The average Bonchev–Trinajstić information content (AvgIpc) is 4.34. The Morgan fingerprint density at radius 3 is 0.697 bits per heavy atom. The van der Waals surface area contributed by atoms with Crippen LogP contribution in [0.5, 0.6) is 0 Å². The number of rotatable bonds is 10. The van der Waals surface area contributed by atoms with Gasteiger partial charge in [0, 0.05) is 114 Å². The quantitative estimate of drug-likeness (QED) is 0.123. The molecule has 6 aromatic carbocycles. The van der Waals surface area contributed by atoms with Crippen LogP contribution in [0.2, 0.25) is 0 Å². The summed E-state index contributed by atoms with van der Waals surface area (Å²) >= 11 is 13.8. The smallest absolute Gasteiger partial charge is 0.101 e. The molecule has 0 fully saturated rings. The molecule has 0 N–H and O–H groups in total. The first-order chi connectivity index (χ1) is 37.6. The molecule has 364 valence electrons. The topological polar surface area (TPSA) is 110 Å². The molecule has 16 heteroatoms. The zero-order valence-corrected chi connectivity index (χ0v) is 46.1. The lowest BCUT2D eigenvalue weighted by Gasteiger charge is -2.23. The zero-order valence-electron chi connectivity index (χ0n) is 39.6. The molecule has 0 saturated heterocycles. The molecule has 8 aromatic heterocycles.